The molecule has 0 aliphatic heterocycles. The molecular formula is C14H24N2O3. The van der Waals surface area contributed by atoms with E-state index in [-0.39, 0.29) is 12.5 Å². The lowest BCUT2D eigenvalue weighted by molar-refractivity contribution is -0.137. The summed E-state index contributed by atoms with van der Waals surface area (Å²) in [5, 5.41) is 11.4. The van der Waals surface area contributed by atoms with Gasteiger partial charge < -0.3 is 15.3 Å². The molecule has 5 nitrogen and oxygen atoms in total. The SMILES string of the molecule is O=C(O)CCCCNC(=O)N(CC1CC1)CC1CC1. The lowest BCUT2D eigenvalue weighted by Crippen LogP contribution is -2.42. The van der Waals surface area contributed by atoms with E-state index in [1.165, 1.54) is 25.7 Å². The van der Waals surface area contributed by atoms with Gasteiger partial charge in [-0.15, -0.1) is 0 Å². The smallest absolute Gasteiger partial charge is 0.317 e. The minimum atomic E-state index is -0.768. The highest BCUT2D eigenvalue weighted by molar-refractivity contribution is 5.74. The van der Waals surface area contributed by atoms with Crippen molar-refractivity contribution in [3.8, 4) is 0 Å². The fraction of sp³-hybridized carbons (Fsp3) is 0.857. The molecule has 0 radical (unpaired) electrons. The van der Waals surface area contributed by atoms with Crippen LogP contribution in [0.4, 0.5) is 4.79 Å². The Morgan fingerprint density at radius 2 is 1.63 bits per heavy atom. The number of amides is 2. The van der Waals surface area contributed by atoms with E-state index in [0.29, 0.717) is 13.0 Å². The molecule has 5 heteroatoms. The minimum absolute atomic E-state index is 0.0362. The van der Waals surface area contributed by atoms with E-state index in [1.54, 1.807) is 0 Å². The number of rotatable bonds is 9. The molecule has 2 aliphatic carbocycles. The maximum Gasteiger partial charge on any atom is 0.317 e. The van der Waals surface area contributed by atoms with Crippen molar-refractivity contribution >= 4 is 12.0 Å². The third-order valence-corrected chi connectivity index (χ3v) is 3.73. The fourth-order valence-electron chi connectivity index (χ4n) is 2.17. The van der Waals surface area contributed by atoms with Gasteiger partial charge in [0.05, 0.1) is 0 Å². The zero-order valence-electron chi connectivity index (χ0n) is 11.4. The first-order valence-corrected chi connectivity index (χ1v) is 7.39. The number of carboxylic acid groups (broad SMARTS) is 1. The van der Waals surface area contributed by atoms with Crippen molar-refractivity contribution in [2.75, 3.05) is 19.6 Å². The quantitative estimate of drug-likeness (QED) is 0.629. The van der Waals surface area contributed by atoms with Gasteiger partial charge in [-0.3, -0.25) is 4.79 Å². The molecule has 19 heavy (non-hydrogen) atoms. The van der Waals surface area contributed by atoms with Crippen molar-refractivity contribution in [1.29, 1.82) is 0 Å². The van der Waals surface area contributed by atoms with Gasteiger partial charge in [-0.05, 0) is 50.4 Å². The summed E-state index contributed by atoms with van der Waals surface area (Å²) in [6.45, 7) is 2.38. The van der Waals surface area contributed by atoms with Crippen molar-refractivity contribution in [2.24, 2.45) is 11.8 Å². The van der Waals surface area contributed by atoms with E-state index in [4.69, 9.17) is 5.11 Å². The highest BCUT2D eigenvalue weighted by Crippen LogP contribution is 2.33. The van der Waals surface area contributed by atoms with E-state index in [1.807, 2.05) is 4.90 Å². The van der Waals surface area contributed by atoms with Gasteiger partial charge in [0.25, 0.3) is 0 Å². The van der Waals surface area contributed by atoms with Gasteiger partial charge in [-0.2, -0.15) is 0 Å². The number of carboxylic acids is 1. The number of urea groups is 1. The van der Waals surface area contributed by atoms with E-state index in [2.05, 4.69) is 5.32 Å². The van der Waals surface area contributed by atoms with Crippen LogP contribution in [-0.2, 0) is 4.79 Å². The maximum absolute atomic E-state index is 12.1. The van der Waals surface area contributed by atoms with Crippen molar-refractivity contribution in [3.05, 3.63) is 0 Å². The summed E-state index contributed by atoms with van der Waals surface area (Å²) < 4.78 is 0. The molecule has 0 heterocycles. The Bertz CT molecular complexity index is 311. The van der Waals surface area contributed by atoms with E-state index >= 15 is 0 Å². The summed E-state index contributed by atoms with van der Waals surface area (Å²) >= 11 is 0. The number of unbranched alkanes of at least 4 members (excludes halogenated alkanes) is 1. The molecule has 2 amide bonds. The van der Waals surface area contributed by atoms with Crippen molar-refractivity contribution in [2.45, 2.75) is 44.9 Å². The Hall–Kier alpha value is -1.26. The van der Waals surface area contributed by atoms with Crippen LogP contribution < -0.4 is 5.32 Å². The summed E-state index contributed by atoms with van der Waals surface area (Å²) in [5.74, 6) is 0.670. The molecule has 0 bridgehead atoms. The Morgan fingerprint density at radius 1 is 1.05 bits per heavy atom. The highest BCUT2D eigenvalue weighted by atomic mass is 16.4. The van der Waals surface area contributed by atoms with Gasteiger partial charge in [0.15, 0.2) is 0 Å². The molecule has 0 unspecified atom stereocenters. The van der Waals surface area contributed by atoms with E-state index < -0.39 is 5.97 Å². The van der Waals surface area contributed by atoms with Crippen LogP contribution in [0.25, 0.3) is 0 Å². The first-order chi connectivity index (χ1) is 9.15. The van der Waals surface area contributed by atoms with Crippen LogP contribution >= 0.6 is 0 Å². The maximum atomic E-state index is 12.1. The van der Waals surface area contributed by atoms with Gasteiger partial charge in [0.2, 0.25) is 0 Å². The van der Waals surface area contributed by atoms with Gasteiger partial charge in [-0.1, -0.05) is 0 Å². The average molecular weight is 268 g/mol. The molecule has 0 aromatic heterocycles. The van der Waals surface area contributed by atoms with Crippen molar-refractivity contribution < 1.29 is 14.7 Å². The Balaban J connectivity index is 1.61. The highest BCUT2D eigenvalue weighted by Gasteiger charge is 2.31. The number of aliphatic carboxylic acids is 1. The molecule has 0 spiro atoms. The second-order valence-electron chi connectivity index (χ2n) is 5.87. The van der Waals surface area contributed by atoms with Gasteiger partial charge in [0, 0.05) is 26.1 Å². The molecule has 2 fully saturated rings. The largest absolute Gasteiger partial charge is 0.481 e. The normalized spacial score (nSPS) is 18.1. The molecule has 0 saturated heterocycles. The summed E-state index contributed by atoms with van der Waals surface area (Å²) in [6, 6.07) is 0.0362. The van der Waals surface area contributed by atoms with Crippen LogP contribution in [0.15, 0.2) is 0 Å². The predicted octanol–water partition coefficient (Wildman–Crippen LogP) is 2.07. The van der Waals surface area contributed by atoms with Crippen LogP contribution in [0, 0.1) is 11.8 Å². The number of carbonyl (C=O) groups is 2. The van der Waals surface area contributed by atoms with Gasteiger partial charge in [0.1, 0.15) is 0 Å². The second kappa shape index (κ2) is 6.78. The first kappa shape index (κ1) is 14.2. The number of nitrogens with one attached hydrogen (secondary N) is 1. The number of hydrogen-bond acceptors (Lipinski definition) is 2. The van der Waals surface area contributed by atoms with E-state index in [0.717, 1.165) is 31.3 Å². The molecule has 2 N–H and O–H groups in total. The summed E-state index contributed by atoms with van der Waals surface area (Å²) in [7, 11) is 0. The van der Waals surface area contributed by atoms with Crippen LogP contribution in [0.2, 0.25) is 0 Å². The summed E-state index contributed by atoms with van der Waals surface area (Å²) in [6.07, 6.45) is 6.57. The topological polar surface area (TPSA) is 69.6 Å². The molecule has 2 rings (SSSR count). The van der Waals surface area contributed by atoms with Crippen LogP contribution in [0.3, 0.4) is 0 Å². The molecule has 0 atom stereocenters. The molecule has 2 aliphatic rings. The molecule has 108 valence electrons. The van der Waals surface area contributed by atoms with Crippen LogP contribution in [0.1, 0.15) is 44.9 Å². The van der Waals surface area contributed by atoms with Crippen molar-refractivity contribution in [1.82, 2.24) is 10.2 Å². The van der Waals surface area contributed by atoms with Crippen molar-refractivity contribution in [3.63, 3.8) is 0 Å². The molecular weight excluding hydrogens is 244 g/mol. The molecule has 2 saturated carbocycles. The summed E-state index contributed by atoms with van der Waals surface area (Å²) in [4.78, 5) is 24.4. The third-order valence-electron chi connectivity index (χ3n) is 3.73. The lowest BCUT2D eigenvalue weighted by Gasteiger charge is -2.23. The zero-order chi connectivity index (χ0) is 13.7. The fourth-order valence-corrected chi connectivity index (χ4v) is 2.17. The standard InChI is InChI=1S/C14H24N2O3/c17-13(18)3-1-2-8-15-14(19)16(9-11-4-5-11)10-12-6-7-12/h11-12H,1-10H2,(H,15,19)(H,17,18). The van der Waals surface area contributed by atoms with Gasteiger partial charge >= 0.3 is 12.0 Å². The third kappa shape index (κ3) is 5.94. The monoisotopic (exact) mass is 268 g/mol. The van der Waals surface area contributed by atoms with E-state index in [9.17, 15) is 9.59 Å². The zero-order valence-corrected chi connectivity index (χ0v) is 11.4. The Labute approximate surface area is 114 Å². The Morgan fingerprint density at radius 3 is 2.11 bits per heavy atom. The van der Waals surface area contributed by atoms with Crippen LogP contribution in [0.5, 0.6) is 0 Å². The molecule has 0 aromatic rings. The number of hydrogen-bond donors (Lipinski definition) is 2. The van der Waals surface area contributed by atoms with Crippen LogP contribution in [-0.4, -0.2) is 41.6 Å². The Kier molecular flexibility index (Phi) is 5.05. The number of carbonyl (C=O) groups excluding carboxylic acids is 1. The number of nitrogens with zero attached hydrogens (tertiary/aromatic N) is 1. The second-order valence-corrected chi connectivity index (χ2v) is 5.87. The lowest BCUT2D eigenvalue weighted by atomic mass is 10.2. The summed E-state index contributed by atoms with van der Waals surface area (Å²) in [5.41, 5.74) is 0. The first-order valence-electron chi connectivity index (χ1n) is 7.39. The average Bonchev–Trinajstić information content (AvgIpc) is 3.21. The van der Waals surface area contributed by atoms with Gasteiger partial charge in [-0.25, -0.2) is 4.79 Å². The molecule has 0 aromatic carbocycles. The minimum Gasteiger partial charge on any atom is -0.481 e. The predicted molar refractivity (Wildman–Crippen MR) is 71.9 cm³/mol.